The van der Waals surface area contributed by atoms with Crippen LogP contribution in [-0.4, -0.2) is 12.2 Å². The number of hydrogen-bond acceptors (Lipinski definition) is 1. The molecular weight excluding hydrogens is 385 g/mol. The van der Waals surface area contributed by atoms with Crippen LogP contribution in [0.25, 0.3) is 5.32 Å². The van der Waals surface area contributed by atoms with Gasteiger partial charge in [0.05, 0.1) is 0 Å². The van der Waals surface area contributed by atoms with Gasteiger partial charge in [0.2, 0.25) is 0 Å². The molecule has 2 aromatic carbocycles. The zero-order valence-electron chi connectivity index (χ0n) is 15.9. The van der Waals surface area contributed by atoms with Crippen molar-refractivity contribution in [2.75, 3.05) is 7.05 Å². The topological polar surface area (TPSA) is 34.3 Å². The molecule has 5 heteroatoms. The summed E-state index contributed by atoms with van der Waals surface area (Å²) in [6.07, 6.45) is 0. The van der Waals surface area contributed by atoms with Crippen molar-refractivity contribution >= 4 is 28.5 Å². The Morgan fingerprint density at radius 1 is 1.12 bits per heavy atom. The second kappa shape index (κ2) is 10.1. The van der Waals surface area contributed by atoms with Crippen LogP contribution in [0.15, 0.2) is 30.3 Å². The van der Waals surface area contributed by atoms with E-state index in [1.807, 2.05) is 14.0 Å². The van der Waals surface area contributed by atoms with E-state index in [2.05, 4.69) is 72.6 Å². The molecule has 0 fully saturated rings. The Morgan fingerprint density at radius 2 is 1.76 bits per heavy atom. The van der Waals surface area contributed by atoms with Crippen LogP contribution in [0.4, 0.5) is 0 Å². The van der Waals surface area contributed by atoms with Crippen molar-refractivity contribution in [3.05, 3.63) is 57.9 Å². The molecule has 0 spiro atoms. The average molecular weight is 412 g/mol. The van der Waals surface area contributed by atoms with Gasteiger partial charge in [-0.25, -0.2) is 0 Å². The summed E-state index contributed by atoms with van der Waals surface area (Å²) in [7, 11) is 6.93. The Bertz CT molecular complexity index is 714. The molecule has 0 saturated carbocycles. The van der Waals surface area contributed by atoms with E-state index in [-0.39, 0.29) is 5.41 Å². The third-order valence-corrected chi connectivity index (χ3v) is 5.73. The number of phenolic OH excluding ortho intramolecular Hbond substituents is 1. The third kappa shape index (κ3) is 6.09. The minimum absolute atomic E-state index is 0.0744. The Labute approximate surface area is 169 Å². The third-order valence-electron chi connectivity index (χ3n) is 4.11. The first kappa shape index (κ1) is 22.7. The van der Waals surface area contributed by atoms with Crippen molar-refractivity contribution in [3.63, 3.8) is 0 Å². The van der Waals surface area contributed by atoms with Gasteiger partial charge < -0.3 is 10.4 Å². The number of aromatic hydroxyl groups is 1. The van der Waals surface area contributed by atoms with Crippen molar-refractivity contribution in [1.29, 1.82) is 0 Å². The Kier molecular flexibility index (Phi) is 9.16. The Balaban J connectivity index is 0.00000151. The number of nitrogens with zero attached hydrogens (tertiary/aromatic N) is 1. The van der Waals surface area contributed by atoms with Gasteiger partial charge in [-0.15, -0.1) is 6.54 Å². The predicted octanol–water partition coefficient (Wildman–Crippen LogP) is 5.13. The van der Waals surface area contributed by atoms with Crippen LogP contribution >= 0.6 is 17.9 Å². The summed E-state index contributed by atoms with van der Waals surface area (Å²) in [6, 6.07) is 10.6. The van der Waals surface area contributed by atoms with Gasteiger partial charge in [-0.05, 0) is 47.3 Å². The molecule has 0 aliphatic carbocycles. The van der Waals surface area contributed by atoms with Gasteiger partial charge >= 0.3 is 28.7 Å². The fourth-order valence-corrected chi connectivity index (χ4v) is 4.07. The molecule has 134 valence electrons. The van der Waals surface area contributed by atoms with Crippen molar-refractivity contribution in [1.82, 2.24) is 0 Å². The Hall–Kier alpha value is -0.366. The van der Waals surface area contributed by atoms with E-state index in [9.17, 15) is 5.11 Å². The van der Waals surface area contributed by atoms with Crippen molar-refractivity contribution in [3.8, 4) is 5.75 Å². The van der Waals surface area contributed by atoms with Gasteiger partial charge in [-0.3, -0.25) is 0 Å². The van der Waals surface area contributed by atoms with E-state index in [1.165, 1.54) is 41.4 Å². The molecule has 0 heterocycles. The summed E-state index contributed by atoms with van der Waals surface area (Å²) < 4.78 is 0. The van der Waals surface area contributed by atoms with Crippen LogP contribution in [0.2, 0.25) is 0 Å². The molecule has 0 aromatic heterocycles. The Morgan fingerprint density at radius 3 is 2.32 bits per heavy atom. The van der Waals surface area contributed by atoms with Crippen LogP contribution in [0.5, 0.6) is 5.75 Å². The van der Waals surface area contributed by atoms with Crippen LogP contribution < -0.4 is 10.6 Å². The first-order valence-electron chi connectivity index (χ1n) is 8.18. The standard InChI is InChI=1S/C20H27NOP.ClH.Ti/c1-13-8-7-9-15(12-21-6)19(13)23-17-11-16(20(3,4)5)10-14(2)18(17)22;;/h7-11,22-23H,12H2,1-6H3;1H;/q-1;;+2/p-1. The van der Waals surface area contributed by atoms with Crippen molar-refractivity contribution in [2.45, 2.75) is 46.6 Å². The fourth-order valence-electron chi connectivity index (χ4n) is 2.65. The average Bonchev–Trinajstić information content (AvgIpc) is 2.55. The van der Waals surface area contributed by atoms with E-state index in [0.717, 1.165) is 17.4 Å². The molecule has 0 amide bonds. The van der Waals surface area contributed by atoms with E-state index in [1.54, 1.807) is 0 Å². The van der Waals surface area contributed by atoms with Gasteiger partial charge in [0.25, 0.3) is 0 Å². The van der Waals surface area contributed by atoms with Gasteiger partial charge in [-0.2, -0.15) is 7.05 Å². The molecule has 0 aliphatic heterocycles. The summed E-state index contributed by atoms with van der Waals surface area (Å²) in [5.41, 5.74) is 4.82. The van der Waals surface area contributed by atoms with Crippen molar-refractivity contribution < 1.29 is 24.5 Å². The van der Waals surface area contributed by atoms with Crippen LogP contribution in [0.3, 0.4) is 0 Å². The second-order valence-electron chi connectivity index (χ2n) is 7.15. The fraction of sp³-hybridized carbons (Fsp3) is 0.400. The van der Waals surface area contributed by atoms with Gasteiger partial charge in [-0.1, -0.05) is 59.2 Å². The van der Waals surface area contributed by atoms with Crippen LogP contribution in [0.1, 0.15) is 43.0 Å². The molecule has 0 saturated heterocycles. The van der Waals surface area contributed by atoms with E-state index < -0.39 is 0 Å². The molecule has 25 heavy (non-hydrogen) atoms. The predicted molar refractivity (Wildman–Crippen MR) is 109 cm³/mol. The number of phenols is 1. The minimum atomic E-state index is 0.0744. The first-order valence-corrected chi connectivity index (χ1v) is 11.3. The molecule has 2 aromatic rings. The molecule has 2 nitrogen and oxygen atoms in total. The number of halogens is 1. The zero-order chi connectivity index (χ0) is 19.2. The molecule has 1 unspecified atom stereocenters. The first-order chi connectivity index (χ1) is 11.7. The van der Waals surface area contributed by atoms with Gasteiger partial charge in [0.1, 0.15) is 5.75 Å². The molecule has 0 bridgehead atoms. The summed E-state index contributed by atoms with van der Waals surface area (Å²) in [4.78, 5) is 0. The summed E-state index contributed by atoms with van der Waals surface area (Å²) >= 11 is 1.47. The number of aryl methyl sites for hydroxylation is 2. The van der Waals surface area contributed by atoms with Crippen LogP contribution in [-0.2, 0) is 31.3 Å². The summed E-state index contributed by atoms with van der Waals surface area (Å²) in [5.74, 6) is 0.430. The molecule has 0 aliphatic rings. The SMILES string of the molecule is C[N-]Cc1cccc(C)c1Pc1cc(C(C)(C)C)cc(C)c1O.[Cl][Ti+]. The maximum absolute atomic E-state index is 10.5. The molecule has 2 rings (SSSR count). The zero-order valence-corrected chi connectivity index (χ0v) is 19.2. The molecule has 1 N–H and O–H groups in total. The molecular formula is C20H27ClNOPTi. The van der Waals surface area contributed by atoms with Crippen molar-refractivity contribution in [2.24, 2.45) is 0 Å². The van der Waals surface area contributed by atoms with E-state index in [4.69, 9.17) is 0 Å². The van der Waals surface area contributed by atoms with Crippen LogP contribution in [0, 0.1) is 13.8 Å². The number of hydrogen-bond donors (Lipinski definition) is 1. The number of rotatable bonds is 4. The number of benzene rings is 2. The molecule has 0 radical (unpaired) electrons. The monoisotopic (exact) mass is 411 g/mol. The normalized spacial score (nSPS) is 11.4. The maximum atomic E-state index is 10.5. The quantitative estimate of drug-likeness (QED) is 0.549. The summed E-state index contributed by atoms with van der Waals surface area (Å²) in [6.45, 7) is 11.5. The summed E-state index contributed by atoms with van der Waals surface area (Å²) in [5, 5.41) is 17.2. The van der Waals surface area contributed by atoms with E-state index in [0.29, 0.717) is 14.3 Å². The molecule has 1 atom stereocenters. The van der Waals surface area contributed by atoms with Gasteiger partial charge in [0, 0.05) is 5.30 Å². The van der Waals surface area contributed by atoms with E-state index >= 15 is 0 Å². The van der Waals surface area contributed by atoms with Gasteiger partial charge in [0.15, 0.2) is 0 Å². The second-order valence-corrected chi connectivity index (χ2v) is 8.44.